The van der Waals surface area contributed by atoms with Gasteiger partial charge in [-0.25, -0.2) is 9.97 Å². The average molecular weight is 296 g/mol. The van der Waals surface area contributed by atoms with Crippen LogP contribution >= 0.6 is 0 Å². The van der Waals surface area contributed by atoms with Crippen LogP contribution in [-0.2, 0) is 20.8 Å². The number of hydrogen-bond acceptors (Lipinski definition) is 7. The van der Waals surface area contributed by atoms with Crippen LogP contribution < -0.4 is 10.2 Å². The molecule has 1 aromatic heterocycles. The summed E-state index contributed by atoms with van der Waals surface area (Å²) >= 11 is 0. The van der Waals surface area contributed by atoms with E-state index in [1.54, 1.807) is 21.3 Å². The van der Waals surface area contributed by atoms with Crippen LogP contribution in [0.4, 0.5) is 11.6 Å². The van der Waals surface area contributed by atoms with Crippen molar-refractivity contribution in [3.05, 3.63) is 11.9 Å². The normalized spacial score (nSPS) is 21.8. The van der Waals surface area contributed by atoms with E-state index in [0.29, 0.717) is 12.4 Å². The van der Waals surface area contributed by atoms with Crippen LogP contribution in [0.5, 0.6) is 0 Å². The maximum absolute atomic E-state index is 5.47. The monoisotopic (exact) mass is 296 g/mol. The molecule has 7 nitrogen and oxygen atoms in total. The molecule has 1 aromatic rings. The van der Waals surface area contributed by atoms with Crippen LogP contribution in [0.25, 0.3) is 0 Å². The summed E-state index contributed by atoms with van der Waals surface area (Å²) in [6.07, 6.45) is 0.108. The number of nitrogens with one attached hydrogen (secondary N) is 1. The first kappa shape index (κ1) is 15.9. The molecule has 1 aliphatic heterocycles. The van der Waals surface area contributed by atoms with E-state index in [2.05, 4.69) is 20.2 Å². The van der Waals surface area contributed by atoms with Gasteiger partial charge in [0.15, 0.2) is 5.82 Å². The molecule has 0 radical (unpaired) electrons. The fraction of sp³-hybridized carbons (Fsp3) is 0.714. The van der Waals surface area contributed by atoms with Gasteiger partial charge in [0.1, 0.15) is 30.5 Å². The SMILES string of the molecule is CCNc1cc(N2CC(OC)C(OC)C2)nc(COC)n1. The second-order valence-electron chi connectivity index (χ2n) is 4.94. The van der Waals surface area contributed by atoms with E-state index in [9.17, 15) is 0 Å². The van der Waals surface area contributed by atoms with Crippen molar-refractivity contribution in [3.63, 3.8) is 0 Å². The number of anilines is 2. The van der Waals surface area contributed by atoms with Gasteiger partial charge in [-0.15, -0.1) is 0 Å². The van der Waals surface area contributed by atoms with Gasteiger partial charge in [-0.1, -0.05) is 0 Å². The maximum atomic E-state index is 5.47. The van der Waals surface area contributed by atoms with Crippen LogP contribution in [0.15, 0.2) is 6.07 Å². The summed E-state index contributed by atoms with van der Waals surface area (Å²) in [6.45, 7) is 4.75. The zero-order chi connectivity index (χ0) is 15.2. The van der Waals surface area contributed by atoms with Crippen molar-refractivity contribution in [2.75, 3.05) is 51.2 Å². The molecule has 2 atom stereocenters. The van der Waals surface area contributed by atoms with Crippen LogP contribution in [0.2, 0.25) is 0 Å². The Morgan fingerprint density at radius 2 is 1.86 bits per heavy atom. The summed E-state index contributed by atoms with van der Waals surface area (Å²) in [4.78, 5) is 11.1. The van der Waals surface area contributed by atoms with Crippen molar-refractivity contribution in [1.29, 1.82) is 0 Å². The van der Waals surface area contributed by atoms with Crippen LogP contribution in [0.1, 0.15) is 12.7 Å². The molecule has 2 heterocycles. The molecule has 2 rings (SSSR count). The number of nitrogens with zero attached hydrogens (tertiary/aromatic N) is 3. The molecule has 1 N–H and O–H groups in total. The second kappa shape index (κ2) is 7.53. The van der Waals surface area contributed by atoms with Crippen molar-refractivity contribution in [2.24, 2.45) is 0 Å². The summed E-state index contributed by atoms with van der Waals surface area (Å²) in [5.41, 5.74) is 0. The fourth-order valence-electron chi connectivity index (χ4n) is 2.49. The van der Waals surface area contributed by atoms with Crippen LogP contribution in [0, 0.1) is 0 Å². The first-order chi connectivity index (χ1) is 10.2. The lowest BCUT2D eigenvalue weighted by Gasteiger charge is -2.18. The largest absolute Gasteiger partial charge is 0.377 e. The molecular weight excluding hydrogens is 272 g/mol. The van der Waals surface area contributed by atoms with E-state index < -0.39 is 0 Å². The molecule has 0 spiro atoms. The predicted octanol–water partition coefficient (Wildman–Crippen LogP) is 0.905. The molecule has 2 unspecified atom stereocenters. The zero-order valence-electron chi connectivity index (χ0n) is 13.1. The first-order valence-corrected chi connectivity index (χ1v) is 7.13. The molecule has 0 saturated carbocycles. The molecule has 0 bridgehead atoms. The Hall–Kier alpha value is -1.44. The quantitative estimate of drug-likeness (QED) is 0.802. The molecule has 1 fully saturated rings. The van der Waals surface area contributed by atoms with Crippen LogP contribution in [-0.4, -0.2) is 63.1 Å². The summed E-state index contributed by atoms with van der Waals surface area (Å²) < 4.78 is 16.1. The molecule has 0 aliphatic carbocycles. The Bertz CT molecular complexity index is 422. The van der Waals surface area contributed by atoms with Crippen molar-refractivity contribution >= 4 is 11.6 Å². The standard InChI is InChI=1S/C14H24N4O3/c1-5-15-12-6-14(17-13(16-12)9-19-2)18-7-10(20-3)11(8-18)21-4/h6,10-11H,5,7-9H2,1-4H3,(H,15,16,17). The lowest BCUT2D eigenvalue weighted by atomic mass is 10.3. The number of rotatable bonds is 7. The Kier molecular flexibility index (Phi) is 5.72. The van der Waals surface area contributed by atoms with E-state index in [1.165, 1.54) is 0 Å². The van der Waals surface area contributed by atoms with Crippen molar-refractivity contribution in [3.8, 4) is 0 Å². The lowest BCUT2D eigenvalue weighted by Crippen LogP contribution is -2.27. The zero-order valence-corrected chi connectivity index (χ0v) is 13.1. The minimum absolute atomic E-state index is 0.0541. The molecule has 1 saturated heterocycles. The summed E-state index contributed by atoms with van der Waals surface area (Å²) in [6, 6.07) is 1.95. The summed E-state index contributed by atoms with van der Waals surface area (Å²) in [7, 11) is 5.06. The van der Waals surface area contributed by atoms with E-state index in [4.69, 9.17) is 14.2 Å². The third kappa shape index (κ3) is 3.81. The van der Waals surface area contributed by atoms with E-state index >= 15 is 0 Å². The Morgan fingerprint density at radius 3 is 2.38 bits per heavy atom. The Labute approximate surface area is 125 Å². The van der Waals surface area contributed by atoms with Gasteiger partial charge < -0.3 is 24.4 Å². The highest BCUT2D eigenvalue weighted by Gasteiger charge is 2.34. The van der Waals surface area contributed by atoms with Crippen molar-refractivity contribution < 1.29 is 14.2 Å². The van der Waals surface area contributed by atoms with Gasteiger partial charge in [-0.05, 0) is 6.92 Å². The van der Waals surface area contributed by atoms with E-state index in [-0.39, 0.29) is 12.2 Å². The highest BCUT2D eigenvalue weighted by atomic mass is 16.5. The summed E-state index contributed by atoms with van der Waals surface area (Å²) in [5.74, 6) is 2.35. The number of methoxy groups -OCH3 is 3. The smallest absolute Gasteiger partial charge is 0.158 e. The van der Waals surface area contributed by atoms with Gasteiger partial charge in [0.2, 0.25) is 0 Å². The second-order valence-corrected chi connectivity index (χ2v) is 4.94. The molecule has 0 aromatic carbocycles. The number of hydrogen-bond donors (Lipinski definition) is 1. The van der Waals surface area contributed by atoms with Gasteiger partial charge in [0, 0.05) is 47.0 Å². The van der Waals surface area contributed by atoms with E-state index in [0.717, 1.165) is 31.3 Å². The Morgan fingerprint density at radius 1 is 1.19 bits per heavy atom. The van der Waals surface area contributed by atoms with Gasteiger partial charge in [-0.3, -0.25) is 0 Å². The van der Waals surface area contributed by atoms with Gasteiger partial charge >= 0.3 is 0 Å². The van der Waals surface area contributed by atoms with Crippen molar-refractivity contribution in [2.45, 2.75) is 25.7 Å². The first-order valence-electron chi connectivity index (χ1n) is 7.13. The molecule has 7 heteroatoms. The number of ether oxygens (including phenoxy) is 3. The van der Waals surface area contributed by atoms with Gasteiger partial charge in [-0.2, -0.15) is 0 Å². The number of aromatic nitrogens is 2. The molecular formula is C14H24N4O3. The highest BCUT2D eigenvalue weighted by molar-refractivity contribution is 5.50. The third-order valence-corrected chi connectivity index (χ3v) is 3.54. The lowest BCUT2D eigenvalue weighted by molar-refractivity contribution is -0.00461. The average Bonchev–Trinajstić information content (AvgIpc) is 2.91. The van der Waals surface area contributed by atoms with E-state index in [1.807, 2.05) is 13.0 Å². The highest BCUT2D eigenvalue weighted by Crippen LogP contribution is 2.24. The van der Waals surface area contributed by atoms with Gasteiger partial charge in [0.25, 0.3) is 0 Å². The molecule has 118 valence electrons. The predicted molar refractivity (Wildman–Crippen MR) is 80.7 cm³/mol. The molecule has 21 heavy (non-hydrogen) atoms. The van der Waals surface area contributed by atoms with Crippen molar-refractivity contribution in [1.82, 2.24) is 9.97 Å². The summed E-state index contributed by atoms with van der Waals surface area (Å²) in [5, 5.41) is 3.22. The maximum Gasteiger partial charge on any atom is 0.158 e. The molecule has 1 aliphatic rings. The third-order valence-electron chi connectivity index (χ3n) is 3.54. The Balaban J connectivity index is 2.21. The molecule has 0 amide bonds. The van der Waals surface area contributed by atoms with Gasteiger partial charge in [0.05, 0.1) is 0 Å². The van der Waals surface area contributed by atoms with Crippen LogP contribution in [0.3, 0.4) is 0 Å². The minimum Gasteiger partial charge on any atom is -0.377 e. The minimum atomic E-state index is 0.0541. The fourth-order valence-corrected chi connectivity index (χ4v) is 2.49. The topological polar surface area (TPSA) is 68.7 Å².